The van der Waals surface area contributed by atoms with Gasteiger partial charge in [-0.05, 0) is 31.4 Å². The Morgan fingerprint density at radius 3 is 2.71 bits per heavy atom. The smallest absolute Gasteiger partial charge is 0.261 e. The number of aromatic amines is 1. The van der Waals surface area contributed by atoms with Crippen molar-refractivity contribution in [2.45, 2.75) is 19.9 Å². The topological polar surface area (TPSA) is 62.0 Å². The molecule has 4 nitrogen and oxygen atoms in total. The summed E-state index contributed by atoms with van der Waals surface area (Å²) >= 11 is 0. The van der Waals surface area contributed by atoms with Gasteiger partial charge in [0.1, 0.15) is 5.56 Å². The molecule has 0 atom stereocenters. The number of nitrogens with one attached hydrogen (secondary N) is 2. The molecule has 2 aromatic rings. The van der Waals surface area contributed by atoms with Gasteiger partial charge >= 0.3 is 0 Å². The first kappa shape index (κ1) is 11.4. The Hall–Kier alpha value is -2.10. The van der Waals surface area contributed by atoms with Gasteiger partial charge in [0.25, 0.3) is 11.5 Å². The van der Waals surface area contributed by atoms with E-state index in [0.29, 0.717) is 0 Å². The lowest BCUT2D eigenvalue weighted by atomic mass is 10.1. The number of benzene rings is 1. The van der Waals surface area contributed by atoms with Crippen LogP contribution in [0.5, 0.6) is 0 Å². The Kier molecular flexibility index (Phi) is 2.95. The Labute approximate surface area is 98.7 Å². The third-order valence-electron chi connectivity index (χ3n) is 2.42. The highest BCUT2D eigenvalue weighted by atomic mass is 16.2. The van der Waals surface area contributed by atoms with Crippen LogP contribution < -0.4 is 10.9 Å². The highest BCUT2D eigenvalue weighted by molar-refractivity contribution is 5.97. The minimum absolute atomic E-state index is 0.00775. The van der Waals surface area contributed by atoms with E-state index in [1.807, 2.05) is 32.0 Å². The molecule has 0 aliphatic rings. The minimum atomic E-state index is -0.359. The summed E-state index contributed by atoms with van der Waals surface area (Å²) < 4.78 is 0. The molecule has 0 radical (unpaired) electrons. The Morgan fingerprint density at radius 2 is 2.00 bits per heavy atom. The fourth-order valence-electron chi connectivity index (χ4n) is 1.66. The quantitative estimate of drug-likeness (QED) is 0.824. The van der Waals surface area contributed by atoms with E-state index in [2.05, 4.69) is 10.3 Å². The predicted octanol–water partition coefficient (Wildman–Crippen LogP) is 1.67. The largest absolute Gasteiger partial charge is 0.350 e. The van der Waals surface area contributed by atoms with Gasteiger partial charge in [0.05, 0.1) is 0 Å². The van der Waals surface area contributed by atoms with Crippen molar-refractivity contribution in [1.82, 2.24) is 10.3 Å². The van der Waals surface area contributed by atoms with Crippen molar-refractivity contribution < 1.29 is 4.79 Å². The third-order valence-corrected chi connectivity index (χ3v) is 2.42. The van der Waals surface area contributed by atoms with Crippen molar-refractivity contribution in [2.24, 2.45) is 0 Å². The van der Waals surface area contributed by atoms with Crippen molar-refractivity contribution in [3.8, 4) is 0 Å². The molecule has 0 saturated heterocycles. The van der Waals surface area contributed by atoms with Crippen LogP contribution in [0.15, 0.2) is 35.1 Å². The lowest BCUT2D eigenvalue weighted by molar-refractivity contribution is 0.0942. The first-order valence-corrected chi connectivity index (χ1v) is 5.51. The number of rotatable bonds is 2. The van der Waals surface area contributed by atoms with E-state index >= 15 is 0 Å². The molecule has 0 unspecified atom stereocenters. The lowest BCUT2D eigenvalue weighted by Crippen LogP contribution is -2.34. The summed E-state index contributed by atoms with van der Waals surface area (Å²) in [6.45, 7) is 3.71. The average molecular weight is 230 g/mol. The molecule has 2 N–H and O–H groups in total. The molecule has 1 heterocycles. The minimum Gasteiger partial charge on any atom is -0.350 e. The molecule has 0 bridgehead atoms. The highest BCUT2D eigenvalue weighted by Gasteiger charge is 2.12. The number of hydrogen-bond acceptors (Lipinski definition) is 2. The van der Waals surface area contributed by atoms with Crippen molar-refractivity contribution in [3.05, 3.63) is 46.2 Å². The number of fused-ring (bicyclic) bond motifs is 1. The molecule has 4 heteroatoms. The zero-order valence-corrected chi connectivity index (χ0v) is 9.78. The summed E-state index contributed by atoms with van der Waals surface area (Å²) in [6, 6.07) is 8.99. The predicted molar refractivity (Wildman–Crippen MR) is 67.2 cm³/mol. The number of hydrogen-bond donors (Lipinski definition) is 2. The summed E-state index contributed by atoms with van der Waals surface area (Å²) in [5.41, 5.74) is 0.526. The van der Waals surface area contributed by atoms with Crippen molar-refractivity contribution in [2.75, 3.05) is 0 Å². The van der Waals surface area contributed by atoms with Crippen LogP contribution in [0.25, 0.3) is 10.9 Å². The van der Waals surface area contributed by atoms with Crippen LogP contribution in [0.1, 0.15) is 24.2 Å². The van der Waals surface area contributed by atoms with Crippen LogP contribution in [-0.4, -0.2) is 16.9 Å². The monoisotopic (exact) mass is 230 g/mol. The third kappa shape index (κ3) is 2.36. The van der Waals surface area contributed by atoms with E-state index < -0.39 is 0 Å². The second-order valence-electron chi connectivity index (χ2n) is 4.23. The molecule has 0 fully saturated rings. The number of H-pyrrole nitrogens is 1. The Bertz CT molecular complexity index is 614. The zero-order valence-electron chi connectivity index (χ0n) is 9.78. The fourth-order valence-corrected chi connectivity index (χ4v) is 1.66. The Morgan fingerprint density at radius 1 is 1.29 bits per heavy atom. The van der Waals surface area contributed by atoms with Gasteiger partial charge in [0.15, 0.2) is 0 Å². The number of carbonyl (C=O) groups excluding carboxylic acids is 1. The molecule has 0 aliphatic carbocycles. The number of pyridine rings is 1. The van der Waals surface area contributed by atoms with Gasteiger partial charge in [0, 0.05) is 11.6 Å². The number of carbonyl (C=O) groups is 1. The van der Waals surface area contributed by atoms with Gasteiger partial charge in [-0.25, -0.2) is 0 Å². The molecule has 1 aromatic heterocycles. The van der Waals surface area contributed by atoms with Gasteiger partial charge in [-0.1, -0.05) is 18.2 Å². The average Bonchev–Trinajstić information content (AvgIpc) is 2.27. The van der Waals surface area contributed by atoms with E-state index in [4.69, 9.17) is 0 Å². The maximum atomic E-state index is 11.8. The van der Waals surface area contributed by atoms with Gasteiger partial charge in [-0.3, -0.25) is 9.59 Å². The number of para-hydroxylation sites is 1. The molecule has 1 amide bonds. The van der Waals surface area contributed by atoms with Crippen LogP contribution in [-0.2, 0) is 0 Å². The van der Waals surface area contributed by atoms with Gasteiger partial charge in [-0.15, -0.1) is 0 Å². The molecule has 2 rings (SSSR count). The van der Waals surface area contributed by atoms with Crippen LogP contribution in [0.2, 0.25) is 0 Å². The summed E-state index contributed by atoms with van der Waals surface area (Å²) in [7, 11) is 0. The van der Waals surface area contributed by atoms with E-state index in [-0.39, 0.29) is 23.1 Å². The van der Waals surface area contributed by atoms with E-state index in [1.54, 1.807) is 12.1 Å². The fraction of sp³-hybridized carbons (Fsp3) is 0.231. The first-order chi connectivity index (χ1) is 8.08. The summed E-state index contributed by atoms with van der Waals surface area (Å²) in [5.74, 6) is -0.341. The van der Waals surface area contributed by atoms with Crippen LogP contribution in [0, 0.1) is 0 Å². The second kappa shape index (κ2) is 4.41. The molecule has 0 aliphatic heterocycles. The second-order valence-corrected chi connectivity index (χ2v) is 4.23. The van der Waals surface area contributed by atoms with Gasteiger partial charge in [-0.2, -0.15) is 0 Å². The molecular weight excluding hydrogens is 216 g/mol. The van der Waals surface area contributed by atoms with Crippen LogP contribution in [0.4, 0.5) is 0 Å². The summed E-state index contributed by atoms with van der Waals surface area (Å²) in [4.78, 5) is 26.2. The van der Waals surface area contributed by atoms with E-state index in [0.717, 1.165) is 10.9 Å². The zero-order chi connectivity index (χ0) is 12.4. The van der Waals surface area contributed by atoms with Crippen molar-refractivity contribution in [3.63, 3.8) is 0 Å². The Balaban J connectivity index is 2.51. The van der Waals surface area contributed by atoms with E-state index in [1.165, 1.54) is 0 Å². The van der Waals surface area contributed by atoms with Crippen LogP contribution in [0.3, 0.4) is 0 Å². The van der Waals surface area contributed by atoms with Crippen molar-refractivity contribution >= 4 is 16.8 Å². The van der Waals surface area contributed by atoms with Gasteiger partial charge < -0.3 is 10.3 Å². The number of amides is 1. The molecule has 17 heavy (non-hydrogen) atoms. The normalized spacial score (nSPS) is 10.8. The van der Waals surface area contributed by atoms with Crippen LogP contribution >= 0.6 is 0 Å². The lowest BCUT2D eigenvalue weighted by Gasteiger charge is -2.08. The SMILES string of the molecule is CC(C)NC(=O)c1cc2ccccc2[nH]c1=O. The van der Waals surface area contributed by atoms with E-state index in [9.17, 15) is 9.59 Å². The molecular formula is C13H14N2O2. The standard InChI is InChI=1S/C13H14N2O2/c1-8(2)14-12(16)10-7-9-5-3-4-6-11(9)15-13(10)17/h3-8H,1-2H3,(H,14,16)(H,15,17). The van der Waals surface area contributed by atoms with Crippen molar-refractivity contribution in [1.29, 1.82) is 0 Å². The number of aromatic nitrogens is 1. The summed E-state index contributed by atoms with van der Waals surface area (Å²) in [5, 5.41) is 3.55. The van der Waals surface area contributed by atoms with Gasteiger partial charge in [0.2, 0.25) is 0 Å². The molecule has 88 valence electrons. The first-order valence-electron chi connectivity index (χ1n) is 5.51. The molecule has 0 saturated carbocycles. The maximum absolute atomic E-state index is 11.8. The summed E-state index contributed by atoms with van der Waals surface area (Å²) in [6.07, 6.45) is 0. The highest BCUT2D eigenvalue weighted by Crippen LogP contribution is 2.09. The maximum Gasteiger partial charge on any atom is 0.261 e. The molecule has 0 spiro atoms. The molecule has 1 aromatic carbocycles.